The van der Waals surface area contributed by atoms with Gasteiger partial charge in [-0.25, -0.2) is 0 Å². The Hall–Kier alpha value is -8.60. The fourth-order valence-corrected chi connectivity index (χ4v) is 9.14. The molecule has 2 heterocycles. The number of hydrogen-bond donors (Lipinski definition) is 0. The zero-order valence-corrected chi connectivity index (χ0v) is 34.8. The molecule has 302 valence electrons. The van der Waals surface area contributed by atoms with E-state index < -0.39 is 0 Å². The lowest BCUT2D eigenvalue weighted by Crippen LogP contribution is -2.09. The zero-order valence-electron chi connectivity index (χ0n) is 34.8. The summed E-state index contributed by atoms with van der Waals surface area (Å²) < 4.78 is 12.7. The Morgan fingerprint density at radius 3 is 1.11 bits per heavy atom. The standard InChI is InChI=1S/C60H40N2O2/c1-4-15-41(16-5-1)44-35-45(42-27-29-49(30-28-42)61(47-18-6-2-7-19-47)51-31-33-55-53-23-10-12-25-57(53)63-59(55)39-51)37-46(36-44)43-17-14-22-50(38-43)62(48-20-8-3-9-21-48)52-32-34-56-54-24-11-13-26-58(54)64-60(56)40-52/h1-40H. The predicted molar refractivity (Wildman–Crippen MR) is 267 cm³/mol. The quantitative estimate of drug-likeness (QED) is 0.145. The Morgan fingerprint density at radius 1 is 0.203 bits per heavy atom. The van der Waals surface area contributed by atoms with Crippen molar-refractivity contribution in [1.29, 1.82) is 0 Å². The average molecular weight is 821 g/mol. The Labute approximate surface area is 371 Å². The molecule has 0 atom stereocenters. The second kappa shape index (κ2) is 15.7. The summed E-state index contributed by atoms with van der Waals surface area (Å²) in [6, 6.07) is 85.9. The number of nitrogens with zero attached hydrogens (tertiary/aromatic N) is 2. The van der Waals surface area contributed by atoms with Crippen molar-refractivity contribution >= 4 is 78.0 Å². The van der Waals surface area contributed by atoms with E-state index in [1.165, 1.54) is 5.56 Å². The van der Waals surface area contributed by atoms with Gasteiger partial charge in [-0.05, 0) is 137 Å². The van der Waals surface area contributed by atoms with Crippen LogP contribution >= 0.6 is 0 Å². The van der Waals surface area contributed by atoms with E-state index >= 15 is 0 Å². The van der Waals surface area contributed by atoms with Crippen LogP contribution in [0.3, 0.4) is 0 Å². The van der Waals surface area contributed by atoms with Crippen LogP contribution in [0, 0.1) is 0 Å². The van der Waals surface area contributed by atoms with Gasteiger partial charge in [0.25, 0.3) is 0 Å². The zero-order chi connectivity index (χ0) is 42.4. The molecule has 64 heavy (non-hydrogen) atoms. The number of fused-ring (bicyclic) bond motifs is 6. The first-order valence-electron chi connectivity index (χ1n) is 21.6. The maximum Gasteiger partial charge on any atom is 0.137 e. The van der Waals surface area contributed by atoms with E-state index in [2.05, 4.69) is 228 Å². The molecule has 0 spiro atoms. The van der Waals surface area contributed by atoms with Crippen molar-refractivity contribution in [2.75, 3.05) is 9.80 Å². The van der Waals surface area contributed by atoms with Gasteiger partial charge >= 0.3 is 0 Å². The van der Waals surface area contributed by atoms with Gasteiger partial charge in [-0.15, -0.1) is 0 Å². The van der Waals surface area contributed by atoms with Gasteiger partial charge in [-0.2, -0.15) is 0 Å². The van der Waals surface area contributed by atoms with Gasteiger partial charge in [0.15, 0.2) is 0 Å². The highest BCUT2D eigenvalue weighted by Gasteiger charge is 2.19. The third kappa shape index (κ3) is 6.75. The number of furan rings is 2. The molecule has 0 N–H and O–H groups in total. The molecule has 0 saturated carbocycles. The van der Waals surface area contributed by atoms with E-state index in [1.54, 1.807) is 0 Å². The minimum Gasteiger partial charge on any atom is -0.456 e. The van der Waals surface area contributed by atoms with Crippen LogP contribution in [0.1, 0.15) is 0 Å². The summed E-state index contributed by atoms with van der Waals surface area (Å²) in [5.74, 6) is 0. The van der Waals surface area contributed by atoms with Gasteiger partial charge in [0.2, 0.25) is 0 Å². The molecule has 4 nitrogen and oxygen atoms in total. The molecule has 0 aliphatic carbocycles. The topological polar surface area (TPSA) is 32.8 Å². The molecule has 12 aromatic rings. The van der Waals surface area contributed by atoms with Crippen LogP contribution in [0.5, 0.6) is 0 Å². The molecule has 0 saturated heterocycles. The fraction of sp³-hybridized carbons (Fsp3) is 0. The predicted octanol–water partition coefficient (Wildman–Crippen LogP) is 17.4. The summed E-state index contributed by atoms with van der Waals surface area (Å²) in [5.41, 5.74) is 16.6. The van der Waals surface area contributed by atoms with Crippen LogP contribution in [-0.4, -0.2) is 0 Å². The van der Waals surface area contributed by atoms with Gasteiger partial charge in [0.05, 0.1) is 0 Å². The highest BCUT2D eigenvalue weighted by molar-refractivity contribution is 6.07. The third-order valence-corrected chi connectivity index (χ3v) is 12.2. The number of rotatable bonds is 9. The van der Waals surface area contributed by atoms with E-state index in [1.807, 2.05) is 24.3 Å². The second-order valence-electron chi connectivity index (χ2n) is 16.2. The molecule has 4 heteroatoms. The molecule has 0 aliphatic rings. The van der Waals surface area contributed by atoms with Gasteiger partial charge in [0, 0.05) is 67.8 Å². The summed E-state index contributed by atoms with van der Waals surface area (Å²) in [6.07, 6.45) is 0. The number of hydrogen-bond acceptors (Lipinski definition) is 4. The summed E-state index contributed by atoms with van der Waals surface area (Å²) in [5, 5.41) is 4.46. The number of para-hydroxylation sites is 4. The summed E-state index contributed by atoms with van der Waals surface area (Å²) in [6.45, 7) is 0. The van der Waals surface area contributed by atoms with E-state index in [4.69, 9.17) is 8.83 Å². The van der Waals surface area contributed by atoms with Crippen LogP contribution in [0.2, 0.25) is 0 Å². The monoisotopic (exact) mass is 820 g/mol. The van der Waals surface area contributed by atoms with Crippen molar-refractivity contribution in [2.24, 2.45) is 0 Å². The van der Waals surface area contributed by atoms with Gasteiger partial charge < -0.3 is 18.6 Å². The molecule has 0 radical (unpaired) electrons. The van der Waals surface area contributed by atoms with Gasteiger partial charge in [-0.1, -0.05) is 127 Å². The SMILES string of the molecule is c1ccc(-c2cc(-c3ccc(N(c4ccccc4)c4ccc5c(c4)oc4ccccc45)cc3)cc(-c3cccc(N(c4ccccc4)c4ccc5c(c4)oc4ccccc45)c3)c2)cc1. The maximum absolute atomic E-state index is 6.38. The van der Waals surface area contributed by atoms with Crippen LogP contribution in [-0.2, 0) is 0 Å². The third-order valence-electron chi connectivity index (χ3n) is 12.2. The molecular formula is C60H40N2O2. The lowest BCUT2D eigenvalue weighted by molar-refractivity contribution is 0.668. The lowest BCUT2D eigenvalue weighted by Gasteiger charge is -2.26. The van der Waals surface area contributed by atoms with Crippen molar-refractivity contribution in [1.82, 2.24) is 0 Å². The Bertz CT molecular complexity index is 3610. The first-order chi connectivity index (χ1) is 31.7. The molecule has 0 fully saturated rings. The maximum atomic E-state index is 6.38. The van der Waals surface area contributed by atoms with Crippen molar-refractivity contribution in [3.8, 4) is 33.4 Å². The van der Waals surface area contributed by atoms with E-state index in [0.29, 0.717) is 0 Å². The molecule has 12 rings (SSSR count). The Morgan fingerprint density at radius 2 is 0.562 bits per heavy atom. The number of benzene rings is 10. The minimum absolute atomic E-state index is 0.862. The first-order valence-corrected chi connectivity index (χ1v) is 21.6. The van der Waals surface area contributed by atoms with Crippen LogP contribution in [0.15, 0.2) is 251 Å². The molecule has 0 bridgehead atoms. The van der Waals surface area contributed by atoms with Crippen molar-refractivity contribution in [3.05, 3.63) is 243 Å². The molecule has 0 unspecified atom stereocenters. The summed E-state index contributed by atoms with van der Waals surface area (Å²) in [4.78, 5) is 4.60. The molecule has 0 amide bonds. The van der Waals surface area contributed by atoms with Crippen LogP contribution in [0.4, 0.5) is 34.1 Å². The minimum atomic E-state index is 0.862. The smallest absolute Gasteiger partial charge is 0.137 e. The molecule has 2 aromatic heterocycles. The van der Waals surface area contributed by atoms with Crippen LogP contribution < -0.4 is 9.80 Å². The van der Waals surface area contributed by atoms with Crippen molar-refractivity contribution in [2.45, 2.75) is 0 Å². The van der Waals surface area contributed by atoms with Crippen LogP contribution in [0.25, 0.3) is 77.3 Å². The van der Waals surface area contributed by atoms with Crippen molar-refractivity contribution < 1.29 is 8.83 Å². The summed E-state index contributed by atoms with van der Waals surface area (Å²) in [7, 11) is 0. The molecule has 10 aromatic carbocycles. The lowest BCUT2D eigenvalue weighted by atomic mass is 9.93. The van der Waals surface area contributed by atoms with Gasteiger partial charge in [0.1, 0.15) is 22.3 Å². The molecule has 0 aliphatic heterocycles. The van der Waals surface area contributed by atoms with Gasteiger partial charge in [-0.3, -0.25) is 0 Å². The van der Waals surface area contributed by atoms with E-state index in [0.717, 1.165) is 106 Å². The average Bonchev–Trinajstić information content (AvgIpc) is 3.93. The summed E-state index contributed by atoms with van der Waals surface area (Å²) >= 11 is 0. The fourth-order valence-electron chi connectivity index (χ4n) is 9.14. The van der Waals surface area contributed by atoms with E-state index in [9.17, 15) is 0 Å². The second-order valence-corrected chi connectivity index (χ2v) is 16.2. The first kappa shape index (κ1) is 37.2. The normalized spacial score (nSPS) is 11.4. The Kier molecular flexibility index (Phi) is 9.12. The van der Waals surface area contributed by atoms with Crippen molar-refractivity contribution in [3.63, 3.8) is 0 Å². The molecular weight excluding hydrogens is 781 g/mol. The van der Waals surface area contributed by atoms with E-state index in [-0.39, 0.29) is 0 Å². The highest BCUT2D eigenvalue weighted by Crippen LogP contribution is 2.42. The largest absolute Gasteiger partial charge is 0.456 e. The number of anilines is 6. The highest BCUT2D eigenvalue weighted by atomic mass is 16.3. The Balaban J connectivity index is 0.946.